The average Bonchev–Trinajstić information content (AvgIpc) is 2.27. The van der Waals surface area contributed by atoms with Crippen LogP contribution in [-0.2, 0) is 9.53 Å². The van der Waals surface area contributed by atoms with Crippen LogP contribution in [0.5, 0.6) is 0 Å². The number of aliphatic hydroxyl groups excluding tert-OH is 1. The van der Waals surface area contributed by atoms with Crippen LogP contribution >= 0.6 is 11.8 Å². The van der Waals surface area contributed by atoms with E-state index in [0.29, 0.717) is 6.42 Å². The number of carbonyl (C=O) groups excluding carboxylic acids is 1. The van der Waals surface area contributed by atoms with E-state index in [4.69, 9.17) is 4.74 Å². The summed E-state index contributed by atoms with van der Waals surface area (Å²) in [5.41, 5.74) is 0. The molecule has 1 unspecified atom stereocenters. The van der Waals surface area contributed by atoms with Gasteiger partial charge in [0.15, 0.2) is 4.93 Å². The Balaban J connectivity index is 2.88. The lowest BCUT2D eigenvalue weighted by Gasteiger charge is -2.23. The first-order valence-corrected chi connectivity index (χ1v) is 4.15. The van der Waals surface area contributed by atoms with Gasteiger partial charge in [-0.25, -0.2) is 0 Å². The Hall–Kier alpha value is -0.480. The van der Waals surface area contributed by atoms with E-state index in [1.165, 1.54) is 13.2 Å². The van der Waals surface area contributed by atoms with Crippen LogP contribution in [0.3, 0.4) is 0 Å². The third-order valence-electron chi connectivity index (χ3n) is 1.71. The number of aliphatic hydroxyl groups is 1. The highest BCUT2D eigenvalue weighted by molar-refractivity contribution is 8.15. The largest absolute Gasteiger partial charge is 0.508 e. The lowest BCUT2D eigenvalue weighted by molar-refractivity contribution is -0.107. The molecule has 0 fully saturated rings. The third kappa shape index (κ3) is 1.28. The molecule has 1 heterocycles. The molecule has 1 N–H and O–H groups in total. The fourth-order valence-corrected chi connectivity index (χ4v) is 1.90. The molecule has 0 aromatic heterocycles. The van der Waals surface area contributed by atoms with Crippen LogP contribution in [-0.4, -0.2) is 22.3 Å². The number of hydrogen-bond acceptors (Lipinski definition) is 4. The van der Waals surface area contributed by atoms with Crippen molar-refractivity contribution in [2.24, 2.45) is 0 Å². The van der Waals surface area contributed by atoms with Crippen molar-refractivity contribution in [3.05, 3.63) is 11.8 Å². The smallest absolute Gasteiger partial charge is 0.218 e. The lowest BCUT2D eigenvalue weighted by atomic mass is 10.2. The maximum Gasteiger partial charge on any atom is 0.218 e. The minimum atomic E-state index is -0.808. The van der Waals surface area contributed by atoms with Gasteiger partial charge in [-0.2, -0.15) is 0 Å². The van der Waals surface area contributed by atoms with Gasteiger partial charge in [0, 0.05) is 13.2 Å². The molecule has 0 amide bonds. The Bertz CT molecular complexity index is 206. The minimum absolute atomic E-state index is 0.0255. The van der Waals surface area contributed by atoms with Gasteiger partial charge < -0.3 is 9.84 Å². The number of methoxy groups -OCH3 is 1. The Morgan fingerprint density at radius 1 is 1.82 bits per heavy atom. The van der Waals surface area contributed by atoms with Crippen LogP contribution < -0.4 is 0 Å². The van der Waals surface area contributed by atoms with Crippen molar-refractivity contribution in [2.75, 3.05) is 7.11 Å². The van der Waals surface area contributed by atoms with Gasteiger partial charge in [0.25, 0.3) is 0 Å². The molecule has 1 atom stereocenters. The van der Waals surface area contributed by atoms with Crippen molar-refractivity contribution in [2.45, 2.75) is 18.3 Å². The van der Waals surface area contributed by atoms with E-state index < -0.39 is 4.93 Å². The summed E-state index contributed by atoms with van der Waals surface area (Å²) >= 11 is 1.02. The first kappa shape index (κ1) is 8.62. The summed E-state index contributed by atoms with van der Waals surface area (Å²) in [6, 6.07) is 0. The van der Waals surface area contributed by atoms with Crippen LogP contribution in [0.4, 0.5) is 0 Å². The van der Waals surface area contributed by atoms with Gasteiger partial charge in [0.1, 0.15) is 5.76 Å². The zero-order chi connectivity index (χ0) is 8.48. The monoisotopic (exact) mass is 174 g/mol. The van der Waals surface area contributed by atoms with E-state index in [9.17, 15) is 9.90 Å². The van der Waals surface area contributed by atoms with Gasteiger partial charge in [0.05, 0.1) is 0 Å². The van der Waals surface area contributed by atoms with Crippen LogP contribution in [0.2, 0.25) is 0 Å². The predicted octanol–water partition coefficient (Wildman–Crippen LogP) is 1.45. The second-order valence-electron chi connectivity index (χ2n) is 2.26. The first-order valence-electron chi connectivity index (χ1n) is 3.34. The van der Waals surface area contributed by atoms with Crippen molar-refractivity contribution in [1.82, 2.24) is 0 Å². The molecule has 0 saturated carbocycles. The van der Waals surface area contributed by atoms with Crippen LogP contribution in [0.15, 0.2) is 11.8 Å². The zero-order valence-electron chi connectivity index (χ0n) is 6.46. The fraction of sp³-hybridized carbons (Fsp3) is 0.571. The summed E-state index contributed by atoms with van der Waals surface area (Å²) in [7, 11) is 1.49. The molecule has 62 valence electrons. The van der Waals surface area contributed by atoms with E-state index in [2.05, 4.69) is 0 Å². The van der Waals surface area contributed by atoms with Crippen molar-refractivity contribution in [1.29, 1.82) is 0 Å². The maximum atomic E-state index is 10.8. The quantitative estimate of drug-likeness (QED) is 0.688. The molecule has 0 aromatic rings. The topological polar surface area (TPSA) is 46.5 Å². The summed E-state index contributed by atoms with van der Waals surface area (Å²) in [6.07, 6.45) is 1.79. The average molecular weight is 174 g/mol. The fourth-order valence-electron chi connectivity index (χ4n) is 1.01. The number of hydrogen-bond donors (Lipinski definition) is 1. The van der Waals surface area contributed by atoms with E-state index in [1.54, 1.807) is 0 Å². The normalized spacial score (nSPS) is 30.7. The molecule has 4 heteroatoms. The molecule has 0 radical (unpaired) electrons. The number of ether oxygens (including phenoxy) is 1. The van der Waals surface area contributed by atoms with Gasteiger partial charge >= 0.3 is 0 Å². The zero-order valence-corrected chi connectivity index (χ0v) is 7.27. The number of thioether (sulfide) groups is 1. The first-order chi connectivity index (χ1) is 5.14. The number of rotatable bonds is 2. The van der Waals surface area contributed by atoms with Crippen LogP contribution in [0.25, 0.3) is 0 Å². The van der Waals surface area contributed by atoms with Crippen LogP contribution in [0.1, 0.15) is 13.3 Å². The van der Waals surface area contributed by atoms with Gasteiger partial charge in [-0.1, -0.05) is 6.92 Å². The molecule has 0 aromatic carbocycles. The van der Waals surface area contributed by atoms with Crippen LogP contribution in [0, 0.1) is 0 Å². The molecule has 11 heavy (non-hydrogen) atoms. The van der Waals surface area contributed by atoms with Crippen molar-refractivity contribution in [3.63, 3.8) is 0 Å². The molecular weight excluding hydrogens is 164 g/mol. The van der Waals surface area contributed by atoms with E-state index in [-0.39, 0.29) is 10.9 Å². The third-order valence-corrected chi connectivity index (χ3v) is 3.02. The van der Waals surface area contributed by atoms with Gasteiger partial charge in [0.2, 0.25) is 5.12 Å². The highest BCUT2D eigenvalue weighted by atomic mass is 32.2. The molecule has 1 aliphatic rings. The van der Waals surface area contributed by atoms with Gasteiger partial charge in [-0.3, -0.25) is 4.79 Å². The maximum absolute atomic E-state index is 10.8. The molecule has 1 aliphatic heterocycles. The molecule has 3 nitrogen and oxygen atoms in total. The Morgan fingerprint density at radius 2 is 2.45 bits per heavy atom. The minimum Gasteiger partial charge on any atom is -0.508 e. The molecule has 0 spiro atoms. The summed E-state index contributed by atoms with van der Waals surface area (Å²) in [5, 5.41) is 9.16. The lowest BCUT2D eigenvalue weighted by Crippen LogP contribution is -2.26. The molecule has 0 bridgehead atoms. The van der Waals surface area contributed by atoms with Crippen molar-refractivity contribution >= 4 is 16.9 Å². The molecule has 0 saturated heterocycles. The summed E-state index contributed by atoms with van der Waals surface area (Å²) in [6.45, 7) is 1.86. The highest BCUT2D eigenvalue weighted by Crippen LogP contribution is 2.41. The Morgan fingerprint density at radius 3 is 2.64 bits per heavy atom. The molecule has 0 aliphatic carbocycles. The SMILES string of the molecule is CCC1(OC)SC(=O)C=C1O. The van der Waals surface area contributed by atoms with E-state index in [1.807, 2.05) is 6.92 Å². The predicted molar refractivity (Wildman–Crippen MR) is 43.3 cm³/mol. The van der Waals surface area contributed by atoms with Crippen molar-refractivity contribution in [3.8, 4) is 0 Å². The van der Waals surface area contributed by atoms with Gasteiger partial charge in [-0.05, 0) is 18.2 Å². The molecule has 1 rings (SSSR count). The van der Waals surface area contributed by atoms with Crippen molar-refractivity contribution < 1.29 is 14.6 Å². The summed E-state index contributed by atoms with van der Waals surface area (Å²) < 4.78 is 5.05. The Kier molecular flexibility index (Phi) is 2.25. The Labute approximate surface area is 69.4 Å². The molecular formula is C7H10O3S. The van der Waals surface area contributed by atoms with Gasteiger partial charge in [-0.15, -0.1) is 0 Å². The summed E-state index contributed by atoms with van der Waals surface area (Å²) in [5.74, 6) is 0.0255. The summed E-state index contributed by atoms with van der Waals surface area (Å²) in [4.78, 5) is 10.0. The van der Waals surface area contributed by atoms with E-state index >= 15 is 0 Å². The highest BCUT2D eigenvalue weighted by Gasteiger charge is 2.41. The standard InChI is InChI=1S/C7H10O3S/c1-3-7(10-2)5(8)4-6(9)11-7/h4,8H,3H2,1-2H3. The van der Waals surface area contributed by atoms with E-state index in [0.717, 1.165) is 11.8 Å². The second kappa shape index (κ2) is 2.87. The second-order valence-corrected chi connectivity index (χ2v) is 3.53. The number of carbonyl (C=O) groups is 1.